The highest BCUT2D eigenvalue weighted by molar-refractivity contribution is 7.80. The maximum Gasteiger partial charge on any atom is 0.166 e. The minimum Gasteiger partial charge on any atom is -0.360 e. The zero-order valence-corrected chi connectivity index (χ0v) is 12.8. The highest BCUT2D eigenvalue weighted by Crippen LogP contribution is 2.16. The van der Waals surface area contributed by atoms with Crippen molar-refractivity contribution in [2.75, 3.05) is 0 Å². The Bertz CT molecular complexity index is 400. The van der Waals surface area contributed by atoms with E-state index in [2.05, 4.69) is 50.4 Å². The molecule has 1 aromatic heterocycles. The molecule has 0 spiro atoms. The number of thiocarbonyl (C=S) groups is 1. The fraction of sp³-hybridized carbons (Fsp3) is 0.692. The summed E-state index contributed by atoms with van der Waals surface area (Å²) < 4.78 is 2.00. The Morgan fingerprint density at radius 2 is 2.06 bits per heavy atom. The van der Waals surface area contributed by atoms with Crippen LogP contribution in [0.15, 0.2) is 6.20 Å². The second-order valence-corrected chi connectivity index (χ2v) is 5.06. The van der Waals surface area contributed by atoms with Crippen LogP contribution in [-0.4, -0.2) is 20.9 Å². The quantitative estimate of drug-likeness (QED) is 0.805. The molecule has 0 fully saturated rings. The summed E-state index contributed by atoms with van der Waals surface area (Å²) in [7, 11) is 0. The molecule has 2 unspecified atom stereocenters. The highest BCUT2D eigenvalue weighted by atomic mass is 32.1. The minimum absolute atomic E-state index is 0.175. The van der Waals surface area contributed by atoms with Gasteiger partial charge in [0.15, 0.2) is 5.11 Å². The van der Waals surface area contributed by atoms with E-state index in [1.165, 1.54) is 11.3 Å². The third kappa shape index (κ3) is 3.70. The average molecular weight is 268 g/mol. The number of nitrogens with one attached hydrogen (secondary N) is 2. The third-order valence-corrected chi connectivity index (χ3v) is 3.48. The molecule has 18 heavy (non-hydrogen) atoms. The third-order valence-electron chi connectivity index (χ3n) is 3.24. The number of hydrogen-bond donors (Lipinski definition) is 2. The second-order valence-electron chi connectivity index (χ2n) is 4.65. The van der Waals surface area contributed by atoms with Gasteiger partial charge in [0.1, 0.15) is 0 Å². The zero-order valence-electron chi connectivity index (χ0n) is 11.9. The normalized spacial score (nSPS) is 14.1. The highest BCUT2D eigenvalue weighted by Gasteiger charge is 2.14. The molecule has 0 amide bonds. The Labute approximate surface area is 115 Å². The molecule has 0 aliphatic rings. The van der Waals surface area contributed by atoms with Gasteiger partial charge in [-0.2, -0.15) is 5.10 Å². The number of hydrogen-bond acceptors (Lipinski definition) is 2. The Balaban J connectivity index is 2.62. The van der Waals surface area contributed by atoms with E-state index in [9.17, 15) is 0 Å². The standard InChI is InChI=1S/C13H24N4S/c1-6-9(3)15-13(18)16-10(4)12-8-14-17(7-2)11(12)5/h8-10H,6-7H2,1-5H3,(H2,15,16,18). The van der Waals surface area contributed by atoms with Crippen molar-refractivity contribution in [1.82, 2.24) is 20.4 Å². The maximum absolute atomic E-state index is 5.30. The topological polar surface area (TPSA) is 41.9 Å². The molecule has 0 bridgehead atoms. The van der Waals surface area contributed by atoms with Gasteiger partial charge in [-0.05, 0) is 46.3 Å². The summed E-state index contributed by atoms with van der Waals surface area (Å²) in [5.74, 6) is 0. The Morgan fingerprint density at radius 1 is 1.39 bits per heavy atom. The number of aromatic nitrogens is 2. The van der Waals surface area contributed by atoms with E-state index in [4.69, 9.17) is 12.2 Å². The van der Waals surface area contributed by atoms with Gasteiger partial charge in [-0.1, -0.05) is 6.92 Å². The predicted octanol–water partition coefficient (Wildman–Crippen LogP) is 2.54. The smallest absolute Gasteiger partial charge is 0.166 e. The van der Waals surface area contributed by atoms with Gasteiger partial charge in [0.2, 0.25) is 0 Å². The van der Waals surface area contributed by atoms with Gasteiger partial charge in [0.25, 0.3) is 0 Å². The van der Waals surface area contributed by atoms with Crippen molar-refractivity contribution < 1.29 is 0 Å². The summed E-state index contributed by atoms with van der Waals surface area (Å²) in [5, 5.41) is 11.6. The fourth-order valence-electron chi connectivity index (χ4n) is 1.85. The predicted molar refractivity (Wildman–Crippen MR) is 79.7 cm³/mol. The molecule has 102 valence electrons. The van der Waals surface area contributed by atoms with Crippen LogP contribution in [0, 0.1) is 6.92 Å². The molecule has 0 saturated heterocycles. The minimum atomic E-state index is 0.175. The summed E-state index contributed by atoms with van der Waals surface area (Å²) in [6.45, 7) is 11.5. The molecule has 5 heteroatoms. The first kappa shape index (κ1) is 15.0. The maximum atomic E-state index is 5.30. The molecule has 0 saturated carbocycles. The lowest BCUT2D eigenvalue weighted by molar-refractivity contribution is 0.609. The van der Waals surface area contributed by atoms with E-state index in [-0.39, 0.29) is 6.04 Å². The van der Waals surface area contributed by atoms with Crippen molar-refractivity contribution in [3.05, 3.63) is 17.5 Å². The Kier molecular flexibility index (Phi) is 5.59. The van der Waals surface area contributed by atoms with Gasteiger partial charge in [-0.25, -0.2) is 0 Å². The summed E-state index contributed by atoms with van der Waals surface area (Å²) >= 11 is 5.30. The molecule has 2 N–H and O–H groups in total. The SMILES string of the molecule is CCC(C)NC(=S)NC(C)c1cnn(CC)c1C. The molecule has 1 rings (SSSR count). The monoisotopic (exact) mass is 268 g/mol. The van der Waals surface area contributed by atoms with Crippen molar-refractivity contribution in [2.24, 2.45) is 0 Å². The molecule has 4 nitrogen and oxygen atoms in total. The van der Waals surface area contributed by atoms with E-state index in [0.29, 0.717) is 11.2 Å². The molecular weight excluding hydrogens is 244 g/mol. The van der Waals surface area contributed by atoms with E-state index in [1.807, 2.05) is 10.9 Å². The van der Waals surface area contributed by atoms with Crippen LogP contribution in [-0.2, 0) is 6.54 Å². The van der Waals surface area contributed by atoms with Gasteiger partial charge in [0, 0.05) is 23.8 Å². The van der Waals surface area contributed by atoms with Crippen molar-refractivity contribution in [1.29, 1.82) is 0 Å². The molecule has 0 aliphatic heterocycles. The molecular formula is C13H24N4S. The summed E-state index contributed by atoms with van der Waals surface area (Å²) in [6.07, 6.45) is 2.98. The number of nitrogens with zero attached hydrogens (tertiary/aromatic N) is 2. The van der Waals surface area contributed by atoms with Gasteiger partial charge >= 0.3 is 0 Å². The van der Waals surface area contributed by atoms with Gasteiger partial charge < -0.3 is 10.6 Å². The number of rotatable bonds is 5. The van der Waals surface area contributed by atoms with Crippen molar-refractivity contribution in [2.45, 2.75) is 59.7 Å². The van der Waals surface area contributed by atoms with E-state index >= 15 is 0 Å². The van der Waals surface area contributed by atoms with E-state index in [0.717, 1.165) is 13.0 Å². The Hall–Kier alpha value is -1.10. The average Bonchev–Trinajstić information content (AvgIpc) is 2.69. The van der Waals surface area contributed by atoms with Crippen LogP contribution in [0.2, 0.25) is 0 Å². The van der Waals surface area contributed by atoms with Crippen molar-refractivity contribution in [3.63, 3.8) is 0 Å². The van der Waals surface area contributed by atoms with Crippen LogP contribution in [0.3, 0.4) is 0 Å². The van der Waals surface area contributed by atoms with Gasteiger partial charge in [-0.3, -0.25) is 4.68 Å². The van der Waals surface area contributed by atoms with Gasteiger partial charge in [-0.15, -0.1) is 0 Å². The van der Waals surface area contributed by atoms with Gasteiger partial charge in [0.05, 0.1) is 12.2 Å². The molecule has 2 atom stereocenters. The van der Waals surface area contributed by atoms with Crippen LogP contribution in [0.5, 0.6) is 0 Å². The first-order valence-electron chi connectivity index (χ1n) is 6.58. The van der Waals surface area contributed by atoms with Crippen LogP contribution in [0.4, 0.5) is 0 Å². The van der Waals surface area contributed by atoms with Crippen molar-refractivity contribution in [3.8, 4) is 0 Å². The largest absolute Gasteiger partial charge is 0.360 e. The van der Waals surface area contributed by atoms with Crippen LogP contribution in [0.1, 0.15) is 51.4 Å². The zero-order chi connectivity index (χ0) is 13.7. The molecule has 0 aliphatic carbocycles. The van der Waals surface area contributed by atoms with Crippen LogP contribution < -0.4 is 10.6 Å². The second kappa shape index (κ2) is 6.73. The summed E-state index contributed by atoms with van der Waals surface area (Å²) in [4.78, 5) is 0. The summed E-state index contributed by atoms with van der Waals surface area (Å²) in [6, 6.07) is 0.575. The number of aryl methyl sites for hydroxylation is 1. The lowest BCUT2D eigenvalue weighted by atomic mass is 10.1. The van der Waals surface area contributed by atoms with E-state index in [1.54, 1.807) is 0 Å². The first-order valence-corrected chi connectivity index (χ1v) is 6.99. The summed E-state index contributed by atoms with van der Waals surface area (Å²) in [5.41, 5.74) is 2.40. The van der Waals surface area contributed by atoms with Crippen LogP contribution in [0.25, 0.3) is 0 Å². The van der Waals surface area contributed by atoms with Crippen LogP contribution >= 0.6 is 12.2 Å². The Morgan fingerprint density at radius 3 is 2.56 bits per heavy atom. The molecule has 0 radical (unpaired) electrons. The van der Waals surface area contributed by atoms with E-state index < -0.39 is 0 Å². The lowest BCUT2D eigenvalue weighted by Gasteiger charge is -2.19. The lowest BCUT2D eigenvalue weighted by Crippen LogP contribution is -2.41. The molecule has 0 aromatic carbocycles. The van der Waals surface area contributed by atoms with Crippen molar-refractivity contribution >= 4 is 17.3 Å². The first-order chi connectivity index (χ1) is 8.49. The molecule has 1 aromatic rings. The fourth-order valence-corrected chi connectivity index (χ4v) is 2.22. The molecule has 1 heterocycles.